The Hall–Kier alpha value is -0.0900. The lowest BCUT2D eigenvalue weighted by Gasteiger charge is -2.07. The van der Waals surface area contributed by atoms with Gasteiger partial charge < -0.3 is 4.90 Å². The van der Waals surface area contributed by atoms with Crippen LogP contribution in [0, 0.1) is 0 Å². The second-order valence-electron chi connectivity index (χ2n) is 2.54. The third-order valence-corrected chi connectivity index (χ3v) is 2.97. The molecule has 0 aliphatic carbocycles. The molecule has 0 atom stereocenters. The maximum atomic E-state index is 10.9. The summed E-state index contributed by atoms with van der Waals surface area (Å²) in [5, 5.41) is 0. The van der Waals surface area contributed by atoms with Crippen molar-refractivity contribution < 1.29 is 8.42 Å². The monoisotopic (exact) mass is 195 g/mol. The first-order valence-corrected chi connectivity index (χ1v) is 6.15. The second-order valence-corrected chi connectivity index (χ2v) is 5.01. The highest BCUT2D eigenvalue weighted by molar-refractivity contribution is 7.91. The molecule has 0 unspecified atom stereocenters. The molecule has 0 aromatic heterocycles. The third kappa shape index (κ3) is 9.91. The predicted molar refractivity (Wildman–Crippen MR) is 54.2 cm³/mol. The van der Waals surface area contributed by atoms with Crippen LogP contribution in [-0.4, -0.2) is 45.5 Å². The average molecular weight is 195 g/mol. The van der Waals surface area contributed by atoms with Crippen LogP contribution < -0.4 is 0 Å². The van der Waals surface area contributed by atoms with Crippen LogP contribution in [0.3, 0.4) is 0 Å². The standard InChI is InChI=1S/C6H15NO2S.C2H6/c1-4-10(8,9)6-5-7(2)3;1-2/h4-6H2,1-3H3;1-2H3. The first-order valence-electron chi connectivity index (χ1n) is 4.33. The molecule has 0 N–H and O–H groups in total. The van der Waals surface area contributed by atoms with Crippen LogP contribution in [0.1, 0.15) is 20.8 Å². The van der Waals surface area contributed by atoms with E-state index in [1.807, 2.05) is 32.8 Å². The minimum Gasteiger partial charge on any atom is -0.308 e. The number of hydrogen-bond donors (Lipinski definition) is 0. The smallest absolute Gasteiger partial charge is 0.151 e. The largest absolute Gasteiger partial charge is 0.308 e. The van der Waals surface area contributed by atoms with Crippen LogP contribution in [0.4, 0.5) is 0 Å². The van der Waals surface area contributed by atoms with Crippen molar-refractivity contribution in [2.75, 3.05) is 32.1 Å². The molecular weight excluding hydrogens is 174 g/mol. The van der Waals surface area contributed by atoms with Gasteiger partial charge in [0.2, 0.25) is 0 Å². The zero-order valence-electron chi connectivity index (χ0n) is 8.79. The van der Waals surface area contributed by atoms with Gasteiger partial charge in [0.05, 0.1) is 5.75 Å². The zero-order valence-corrected chi connectivity index (χ0v) is 9.61. The molecule has 12 heavy (non-hydrogen) atoms. The molecule has 3 nitrogen and oxygen atoms in total. The number of sulfone groups is 1. The van der Waals surface area contributed by atoms with Crippen LogP contribution >= 0.6 is 0 Å². The quantitative estimate of drug-likeness (QED) is 0.672. The second kappa shape index (κ2) is 7.55. The van der Waals surface area contributed by atoms with Crippen LogP contribution in [0.15, 0.2) is 0 Å². The molecule has 0 radical (unpaired) electrons. The van der Waals surface area contributed by atoms with Gasteiger partial charge in [0, 0.05) is 12.3 Å². The van der Waals surface area contributed by atoms with Crippen molar-refractivity contribution >= 4 is 9.84 Å². The number of rotatable bonds is 4. The predicted octanol–water partition coefficient (Wildman–Crippen LogP) is 1.01. The Labute approximate surface area is 76.7 Å². The number of hydrogen-bond acceptors (Lipinski definition) is 3. The van der Waals surface area contributed by atoms with Crippen molar-refractivity contribution in [3.05, 3.63) is 0 Å². The molecule has 0 rings (SSSR count). The maximum absolute atomic E-state index is 10.9. The highest BCUT2D eigenvalue weighted by Crippen LogP contribution is 1.89. The molecule has 0 heterocycles. The van der Waals surface area contributed by atoms with Crippen molar-refractivity contribution in [2.45, 2.75) is 20.8 Å². The summed E-state index contributed by atoms with van der Waals surface area (Å²) in [4.78, 5) is 1.87. The Morgan fingerprint density at radius 3 is 1.83 bits per heavy atom. The van der Waals surface area contributed by atoms with Crippen molar-refractivity contribution in [3.63, 3.8) is 0 Å². The van der Waals surface area contributed by atoms with Gasteiger partial charge in [0.15, 0.2) is 9.84 Å². The fourth-order valence-electron chi connectivity index (χ4n) is 0.466. The van der Waals surface area contributed by atoms with Gasteiger partial charge in [-0.25, -0.2) is 8.42 Å². The topological polar surface area (TPSA) is 37.4 Å². The highest BCUT2D eigenvalue weighted by atomic mass is 32.2. The van der Waals surface area contributed by atoms with E-state index in [4.69, 9.17) is 0 Å². The molecule has 0 saturated carbocycles. The summed E-state index contributed by atoms with van der Waals surface area (Å²) < 4.78 is 21.8. The molecule has 0 spiro atoms. The van der Waals surface area contributed by atoms with E-state index in [-0.39, 0.29) is 11.5 Å². The average Bonchev–Trinajstić information content (AvgIpc) is 2.05. The van der Waals surface area contributed by atoms with Crippen LogP contribution in [0.25, 0.3) is 0 Å². The highest BCUT2D eigenvalue weighted by Gasteiger charge is 2.06. The summed E-state index contributed by atoms with van der Waals surface area (Å²) >= 11 is 0. The summed E-state index contributed by atoms with van der Waals surface area (Å²) in [5.74, 6) is 0.525. The molecular formula is C8H21NO2S. The van der Waals surface area contributed by atoms with Gasteiger partial charge in [-0.05, 0) is 14.1 Å². The first-order chi connectivity index (χ1) is 5.48. The Bertz CT molecular complexity index is 173. The summed E-state index contributed by atoms with van der Waals surface area (Å²) in [6.45, 7) is 6.29. The Kier molecular flexibility index (Phi) is 9.09. The molecule has 0 aromatic rings. The molecule has 0 aliphatic rings. The van der Waals surface area contributed by atoms with Crippen LogP contribution in [0.2, 0.25) is 0 Å². The first kappa shape index (κ1) is 14.4. The van der Waals surface area contributed by atoms with E-state index in [2.05, 4.69) is 0 Å². The van der Waals surface area contributed by atoms with Gasteiger partial charge in [-0.15, -0.1) is 0 Å². The normalized spacial score (nSPS) is 10.8. The van der Waals surface area contributed by atoms with Crippen LogP contribution in [0.5, 0.6) is 0 Å². The van der Waals surface area contributed by atoms with E-state index < -0.39 is 9.84 Å². The van der Waals surface area contributed by atoms with Crippen molar-refractivity contribution in [1.82, 2.24) is 4.90 Å². The van der Waals surface area contributed by atoms with E-state index in [1.54, 1.807) is 6.92 Å². The summed E-state index contributed by atoms with van der Waals surface area (Å²) in [5.41, 5.74) is 0. The van der Waals surface area contributed by atoms with Gasteiger partial charge in [-0.3, -0.25) is 0 Å². The van der Waals surface area contributed by atoms with E-state index in [0.717, 1.165) is 0 Å². The van der Waals surface area contributed by atoms with Crippen molar-refractivity contribution in [2.24, 2.45) is 0 Å². The molecule has 76 valence electrons. The van der Waals surface area contributed by atoms with E-state index >= 15 is 0 Å². The maximum Gasteiger partial charge on any atom is 0.151 e. The molecule has 0 fully saturated rings. The van der Waals surface area contributed by atoms with Gasteiger partial charge in [-0.2, -0.15) is 0 Å². The Morgan fingerprint density at radius 2 is 1.58 bits per heavy atom. The van der Waals surface area contributed by atoms with Gasteiger partial charge in [0.1, 0.15) is 0 Å². The van der Waals surface area contributed by atoms with Crippen molar-refractivity contribution in [3.8, 4) is 0 Å². The fraction of sp³-hybridized carbons (Fsp3) is 1.00. The lowest BCUT2D eigenvalue weighted by molar-refractivity contribution is 0.432. The Morgan fingerprint density at radius 1 is 1.17 bits per heavy atom. The number of nitrogens with zero attached hydrogens (tertiary/aromatic N) is 1. The third-order valence-electron chi connectivity index (χ3n) is 1.29. The minimum atomic E-state index is -2.76. The summed E-state index contributed by atoms with van der Waals surface area (Å²) in [7, 11) is 0.976. The summed E-state index contributed by atoms with van der Waals surface area (Å²) in [6.07, 6.45) is 0. The van der Waals surface area contributed by atoms with E-state index in [1.165, 1.54) is 0 Å². The molecule has 0 bridgehead atoms. The van der Waals surface area contributed by atoms with Gasteiger partial charge >= 0.3 is 0 Å². The molecule has 0 amide bonds. The van der Waals surface area contributed by atoms with Gasteiger partial charge in [0.25, 0.3) is 0 Å². The van der Waals surface area contributed by atoms with E-state index in [9.17, 15) is 8.42 Å². The zero-order chi connectivity index (χ0) is 10.2. The lowest BCUT2D eigenvalue weighted by atomic mass is 10.7. The minimum absolute atomic E-state index is 0.251. The fourth-order valence-corrected chi connectivity index (χ4v) is 1.40. The van der Waals surface area contributed by atoms with Crippen LogP contribution in [-0.2, 0) is 9.84 Å². The SMILES string of the molecule is CC.CCS(=O)(=O)CCN(C)C. The summed E-state index contributed by atoms with van der Waals surface area (Å²) in [6, 6.07) is 0. The van der Waals surface area contributed by atoms with Gasteiger partial charge in [-0.1, -0.05) is 20.8 Å². The lowest BCUT2D eigenvalue weighted by Crippen LogP contribution is -2.22. The molecule has 0 saturated heterocycles. The molecule has 0 aromatic carbocycles. The Balaban J connectivity index is 0. The molecule has 4 heteroatoms. The molecule has 0 aliphatic heterocycles. The van der Waals surface area contributed by atoms with E-state index in [0.29, 0.717) is 6.54 Å². The van der Waals surface area contributed by atoms with Crippen molar-refractivity contribution in [1.29, 1.82) is 0 Å².